The van der Waals surface area contributed by atoms with Gasteiger partial charge in [0.1, 0.15) is 5.75 Å². The third-order valence-electron chi connectivity index (χ3n) is 4.98. The zero-order valence-corrected chi connectivity index (χ0v) is 17.6. The van der Waals surface area contributed by atoms with Gasteiger partial charge in [-0.15, -0.1) is 0 Å². The lowest BCUT2D eigenvalue weighted by atomic mass is 10.0. The Bertz CT molecular complexity index is 1050. The molecule has 3 rings (SSSR count). The van der Waals surface area contributed by atoms with E-state index in [1.165, 1.54) is 16.1 Å². The number of rotatable bonds is 9. The molecule has 162 valence electrons. The van der Waals surface area contributed by atoms with E-state index in [-0.39, 0.29) is 24.4 Å². The lowest BCUT2D eigenvalue weighted by molar-refractivity contribution is -0.137. The maximum Gasteiger partial charge on any atom is 0.303 e. The number of nitrogens with one attached hydrogen (secondary N) is 1. The van der Waals surface area contributed by atoms with Crippen LogP contribution in [0.25, 0.3) is 0 Å². The summed E-state index contributed by atoms with van der Waals surface area (Å²) in [6.07, 6.45) is 1.73. The molecule has 8 nitrogen and oxygen atoms in total. The lowest BCUT2D eigenvalue weighted by Gasteiger charge is -2.11. The van der Waals surface area contributed by atoms with Gasteiger partial charge in [-0.2, -0.15) is 10.2 Å². The summed E-state index contributed by atoms with van der Waals surface area (Å²) in [7, 11) is 0. The van der Waals surface area contributed by atoms with Gasteiger partial charge in [-0.05, 0) is 50.3 Å². The molecule has 8 heteroatoms. The van der Waals surface area contributed by atoms with Gasteiger partial charge in [0.15, 0.2) is 5.71 Å². The first-order valence-corrected chi connectivity index (χ1v) is 10.1. The first-order chi connectivity index (χ1) is 14.8. The standard InChI is InChI=1S/C23H26N4O4/c1-15-6-3-7-17(14-15)11-12-18-8-4-9-19(22(18)30)24-25-21-16(2)26-27(23(21)31)13-5-10-20(28)29/h3-4,6-9,14,24,30H,5,10-13H2,1-2H3,(H,28,29)/b25-21+. The van der Waals surface area contributed by atoms with Crippen LogP contribution in [0.15, 0.2) is 52.7 Å². The van der Waals surface area contributed by atoms with E-state index in [9.17, 15) is 14.7 Å². The summed E-state index contributed by atoms with van der Waals surface area (Å²) in [5.74, 6) is -1.22. The van der Waals surface area contributed by atoms with Crippen LogP contribution in [0.4, 0.5) is 5.69 Å². The average Bonchev–Trinajstić information content (AvgIpc) is 2.99. The quantitative estimate of drug-likeness (QED) is 0.424. The van der Waals surface area contributed by atoms with E-state index in [1.807, 2.05) is 31.2 Å². The Morgan fingerprint density at radius 1 is 1.16 bits per heavy atom. The molecule has 1 aliphatic rings. The molecule has 0 unspecified atom stereocenters. The summed E-state index contributed by atoms with van der Waals surface area (Å²) in [5, 5.41) is 28.9. The fraction of sp³-hybridized carbons (Fsp3) is 0.304. The molecule has 2 aromatic rings. The number of hydrazone groups is 2. The zero-order chi connectivity index (χ0) is 22.4. The van der Waals surface area contributed by atoms with Gasteiger partial charge < -0.3 is 10.2 Å². The third kappa shape index (κ3) is 5.69. The molecule has 1 heterocycles. The molecule has 0 aromatic heterocycles. The molecule has 1 amide bonds. The molecule has 0 aliphatic carbocycles. The summed E-state index contributed by atoms with van der Waals surface area (Å²) in [6, 6.07) is 13.6. The van der Waals surface area contributed by atoms with Crippen LogP contribution < -0.4 is 5.43 Å². The molecule has 0 saturated carbocycles. The topological polar surface area (TPSA) is 115 Å². The van der Waals surface area contributed by atoms with Crippen molar-refractivity contribution in [3.05, 3.63) is 59.2 Å². The summed E-state index contributed by atoms with van der Waals surface area (Å²) in [6.45, 7) is 3.92. The highest BCUT2D eigenvalue weighted by Gasteiger charge is 2.29. The SMILES string of the molecule is CC1=NN(CCCC(=O)O)C(=O)/C1=N/Nc1cccc(CCc2cccc(C)c2)c1O. The number of aliphatic carboxylic acids is 1. The van der Waals surface area contributed by atoms with Crippen LogP contribution in [-0.4, -0.2) is 45.1 Å². The van der Waals surface area contributed by atoms with Crippen LogP contribution in [0.2, 0.25) is 0 Å². The van der Waals surface area contributed by atoms with Gasteiger partial charge in [-0.1, -0.05) is 42.0 Å². The minimum Gasteiger partial charge on any atom is -0.505 e. The normalized spacial score (nSPS) is 14.8. The van der Waals surface area contributed by atoms with Crippen LogP contribution in [0.3, 0.4) is 0 Å². The Balaban J connectivity index is 1.65. The Morgan fingerprint density at radius 2 is 1.94 bits per heavy atom. The highest BCUT2D eigenvalue weighted by Crippen LogP contribution is 2.29. The number of anilines is 1. The average molecular weight is 422 g/mol. The number of aromatic hydroxyl groups is 1. The van der Waals surface area contributed by atoms with Gasteiger partial charge in [-0.25, -0.2) is 5.01 Å². The summed E-state index contributed by atoms with van der Waals surface area (Å²) >= 11 is 0. The number of para-hydroxylation sites is 1. The van der Waals surface area contributed by atoms with E-state index >= 15 is 0 Å². The van der Waals surface area contributed by atoms with E-state index in [2.05, 4.69) is 27.8 Å². The molecule has 0 bridgehead atoms. The number of carboxylic acids is 1. The number of phenols is 1. The molecular formula is C23H26N4O4. The number of aryl methyl sites for hydroxylation is 3. The molecular weight excluding hydrogens is 396 g/mol. The summed E-state index contributed by atoms with van der Waals surface area (Å²) < 4.78 is 0. The zero-order valence-electron chi connectivity index (χ0n) is 17.6. The third-order valence-corrected chi connectivity index (χ3v) is 4.98. The Kier molecular flexibility index (Phi) is 7.02. The second-order valence-corrected chi connectivity index (χ2v) is 7.49. The van der Waals surface area contributed by atoms with Crippen molar-refractivity contribution in [3.63, 3.8) is 0 Å². The monoisotopic (exact) mass is 422 g/mol. The molecule has 0 radical (unpaired) electrons. The Morgan fingerprint density at radius 3 is 2.68 bits per heavy atom. The molecule has 0 spiro atoms. The maximum atomic E-state index is 12.5. The number of amides is 1. The number of phenolic OH excluding ortho intramolecular Hbond substituents is 1. The molecule has 3 N–H and O–H groups in total. The molecule has 2 aromatic carbocycles. The van der Waals surface area contributed by atoms with Crippen molar-refractivity contribution in [2.24, 2.45) is 10.2 Å². The number of hydrogen-bond donors (Lipinski definition) is 3. The predicted octanol–water partition coefficient (Wildman–Crippen LogP) is 3.34. The van der Waals surface area contributed by atoms with Crippen molar-refractivity contribution in [2.75, 3.05) is 12.0 Å². The largest absolute Gasteiger partial charge is 0.505 e. The van der Waals surface area contributed by atoms with Crippen LogP contribution in [0.1, 0.15) is 36.5 Å². The van der Waals surface area contributed by atoms with Crippen molar-refractivity contribution >= 4 is 29.0 Å². The number of hydrogen-bond acceptors (Lipinski definition) is 6. The molecule has 0 saturated heterocycles. The minimum atomic E-state index is -0.916. The van der Waals surface area contributed by atoms with Gasteiger partial charge in [0, 0.05) is 13.0 Å². The van der Waals surface area contributed by atoms with Gasteiger partial charge in [0.05, 0.1) is 11.4 Å². The van der Waals surface area contributed by atoms with Crippen LogP contribution in [0.5, 0.6) is 5.75 Å². The highest BCUT2D eigenvalue weighted by molar-refractivity contribution is 6.68. The highest BCUT2D eigenvalue weighted by atomic mass is 16.4. The first kappa shape index (κ1) is 22.0. The fourth-order valence-corrected chi connectivity index (χ4v) is 3.36. The first-order valence-electron chi connectivity index (χ1n) is 10.1. The van der Waals surface area contributed by atoms with E-state index in [4.69, 9.17) is 5.11 Å². The summed E-state index contributed by atoms with van der Waals surface area (Å²) in [5.41, 5.74) is 6.93. The van der Waals surface area contributed by atoms with Gasteiger partial charge in [0.2, 0.25) is 0 Å². The maximum absolute atomic E-state index is 12.5. The number of carboxylic acid groups (broad SMARTS) is 1. The fourth-order valence-electron chi connectivity index (χ4n) is 3.36. The van der Waals surface area contributed by atoms with Crippen molar-refractivity contribution in [1.29, 1.82) is 0 Å². The van der Waals surface area contributed by atoms with E-state index in [1.54, 1.807) is 13.0 Å². The van der Waals surface area contributed by atoms with Crippen LogP contribution in [-0.2, 0) is 22.4 Å². The van der Waals surface area contributed by atoms with Gasteiger partial charge >= 0.3 is 5.97 Å². The van der Waals surface area contributed by atoms with Crippen molar-refractivity contribution < 1.29 is 19.8 Å². The number of nitrogens with zero attached hydrogens (tertiary/aromatic N) is 3. The second kappa shape index (κ2) is 9.88. The number of carbonyl (C=O) groups is 2. The second-order valence-electron chi connectivity index (χ2n) is 7.49. The Labute approximate surface area is 180 Å². The van der Waals surface area contributed by atoms with Crippen molar-refractivity contribution in [1.82, 2.24) is 5.01 Å². The van der Waals surface area contributed by atoms with Gasteiger partial charge in [0.25, 0.3) is 5.91 Å². The minimum absolute atomic E-state index is 0.0354. The molecule has 0 atom stereocenters. The summed E-state index contributed by atoms with van der Waals surface area (Å²) in [4.78, 5) is 23.1. The number of benzene rings is 2. The van der Waals surface area contributed by atoms with Gasteiger partial charge in [-0.3, -0.25) is 15.0 Å². The van der Waals surface area contributed by atoms with Crippen molar-refractivity contribution in [2.45, 2.75) is 39.5 Å². The lowest BCUT2D eigenvalue weighted by Crippen LogP contribution is -2.29. The Hall–Kier alpha value is -3.68. The van der Waals surface area contributed by atoms with Crippen LogP contribution in [0, 0.1) is 6.92 Å². The van der Waals surface area contributed by atoms with Crippen molar-refractivity contribution in [3.8, 4) is 5.75 Å². The van der Waals surface area contributed by atoms with E-state index in [0.29, 0.717) is 24.2 Å². The smallest absolute Gasteiger partial charge is 0.303 e. The molecule has 0 fully saturated rings. The predicted molar refractivity (Wildman–Crippen MR) is 119 cm³/mol. The van der Waals surface area contributed by atoms with E-state index in [0.717, 1.165) is 12.0 Å². The number of carbonyl (C=O) groups excluding carboxylic acids is 1. The molecule has 31 heavy (non-hydrogen) atoms. The van der Waals surface area contributed by atoms with Crippen LogP contribution >= 0.6 is 0 Å². The van der Waals surface area contributed by atoms with E-state index < -0.39 is 11.9 Å². The molecule has 1 aliphatic heterocycles.